The van der Waals surface area contributed by atoms with Crippen molar-refractivity contribution in [2.75, 3.05) is 0 Å². The van der Waals surface area contributed by atoms with Gasteiger partial charge in [0.1, 0.15) is 22.8 Å². The van der Waals surface area contributed by atoms with Crippen LogP contribution in [0.2, 0.25) is 0 Å². The Kier molecular flexibility index (Phi) is 4.59. The SMILES string of the molecule is Cc1nc2c3cc(Oc4ccc5c6cccc7c8cccnc8n(c5c4)c67)ccc3c3ccccc3n2c1-c1ccccc1. The number of imidazole rings is 1. The van der Waals surface area contributed by atoms with Crippen LogP contribution in [-0.4, -0.2) is 18.8 Å². The van der Waals surface area contributed by atoms with Crippen molar-refractivity contribution in [2.24, 2.45) is 0 Å². The summed E-state index contributed by atoms with van der Waals surface area (Å²) in [6.45, 7) is 2.09. The predicted octanol–water partition coefficient (Wildman–Crippen LogP) is 9.95. The molecule has 0 aliphatic heterocycles. The molecule has 0 saturated heterocycles. The number of rotatable bonds is 3. The molecule has 0 spiro atoms. The van der Waals surface area contributed by atoms with Gasteiger partial charge in [-0.1, -0.05) is 66.7 Å². The van der Waals surface area contributed by atoms with Crippen LogP contribution in [0.15, 0.2) is 128 Å². The zero-order valence-corrected chi connectivity index (χ0v) is 23.8. The van der Waals surface area contributed by atoms with Gasteiger partial charge in [-0.15, -0.1) is 0 Å². The van der Waals surface area contributed by atoms with E-state index in [1.54, 1.807) is 0 Å². The highest BCUT2D eigenvalue weighted by molar-refractivity contribution is 6.22. The van der Waals surface area contributed by atoms with Gasteiger partial charge in [-0.25, -0.2) is 9.97 Å². The third kappa shape index (κ3) is 3.08. The fourth-order valence-corrected chi connectivity index (χ4v) is 7.25. The van der Waals surface area contributed by atoms with Crippen LogP contribution < -0.4 is 4.74 Å². The minimum absolute atomic E-state index is 0.771. The monoisotopic (exact) mass is 564 g/mol. The Morgan fingerprint density at radius 1 is 0.523 bits per heavy atom. The number of fused-ring (bicyclic) bond motifs is 12. The van der Waals surface area contributed by atoms with Gasteiger partial charge in [0, 0.05) is 50.1 Å². The molecule has 0 amide bonds. The maximum atomic E-state index is 6.61. The number of aromatic nitrogens is 4. The van der Waals surface area contributed by atoms with Crippen molar-refractivity contribution in [3.05, 3.63) is 133 Å². The molecule has 0 fully saturated rings. The number of aryl methyl sites for hydroxylation is 1. The molecule has 5 nitrogen and oxygen atoms in total. The second kappa shape index (κ2) is 8.55. The van der Waals surface area contributed by atoms with Crippen molar-refractivity contribution in [2.45, 2.75) is 6.92 Å². The van der Waals surface area contributed by atoms with Crippen molar-refractivity contribution in [3.8, 4) is 22.8 Å². The van der Waals surface area contributed by atoms with Crippen molar-refractivity contribution in [3.63, 3.8) is 0 Å². The van der Waals surface area contributed by atoms with Crippen LogP contribution in [-0.2, 0) is 0 Å². The number of hydrogen-bond donors (Lipinski definition) is 0. The van der Waals surface area contributed by atoms with E-state index in [1.165, 1.54) is 27.1 Å². The first-order chi connectivity index (χ1) is 21.7. The van der Waals surface area contributed by atoms with E-state index in [0.717, 1.165) is 66.9 Å². The van der Waals surface area contributed by atoms with Gasteiger partial charge in [-0.2, -0.15) is 0 Å². The molecular weight excluding hydrogens is 540 g/mol. The molecule has 5 aromatic heterocycles. The van der Waals surface area contributed by atoms with Crippen LogP contribution in [0.4, 0.5) is 0 Å². The van der Waals surface area contributed by atoms with Gasteiger partial charge in [-0.3, -0.25) is 8.80 Å². The number of benzene rings is 5. The Hall–Kier alpha value is -5.94. The third-order valence-electron chi connectivity index (χ3n) is 9.05. The summed E-state index contributed by atoms with van der Waals surface area (Å²) in [6, 6.07) is 42.5. The standard InChI is InChI=1S/C39H24N4O/c1-23-36(24-9-3-2-4-10-24)42-34-15-6-5-11-28(34)27-18-16-25(21-33(27)39(42)41-23)44-26-17-19-29-30-12-7-13-31-32-14-8-20-40-38(32)43(37(30)31)35(29)22-26/h2-22H,1H3. The van der Waals surface area contributed by atoms with Crippen LogP contribution >= 0.6 is 0 Å². The summed E-state index contributed by atoms with van der Waals surface area (Å²) in [5, 5.41) is 8.20. The molecule has 0 saturated carbocycles. The molecule has 206 valence electrons. The second-order valence-electron chi connectivity index (χ2n) is 11.5. The molecule has 5 aromatic carbocycles. The fraction of sp³-hybridized carbons (Fsp3) is 0.0256. The van der Waals surface area contributed by atoms with E-state index >= 15 is 0 Å². The molecule has 0 N–H and O–H groups in total. The Morgan fingerprint density at radius 2 is 1.23 bits per heavy atom. The highest BCUT2D eigenvalue weighted by atomic mass is 16.5. The molecule has 5 heteroatoms. The molecule has 0 radical (unpaired) electrons. The highest BCUT2D eigenvalue weighted by Crippen LogP contribution is 2.41. The first-order valence-corrected chi connectivity index (χ1v) is 14.8. The van der Waals surface area contributed by atoms with Crippen LogP contribution in [0.3, 0.4) is 0 Å². The van der Waals surface area contributed by atoms with Crippen LogP contribution in [0.5, 0.6) is 11.5 Å². The normalized spacial score (nSPS) is 12.2. The fourth-order valence-electron chi connectivity index (χ4n) is 7.25. The molecule has 44 heavy (non-hydrogen) atoms. The van der Waals surface area contributed by atoms with E-state index in [1.807, 2.05) is 12.3 Å². The zero-order valence-electron chi connectivity index (χ0n) is 23.8. The molecule has 10 aromatic rings. The topological polar surface area (TPSA) is 43.8 Å². The predicted molar refractivity (Wildman–Crippen MR) is 179 cm³/mol. The lowest BCUT2D eigenvalue weighted by Crippen LogP contribution is -1.94. The smallest absolute Gasteiger partial charge is 0.146 e. The van der Waals surface area contributed by atoms with Gasteiger partial charge in [-0.05, 0) is 60.8 Å². The second-order valence-corrected chi connectivity index (χ2v) is 11.5. The van der Waals surface area contributed by atoms with Crippen LogP contribution in [0.25, 0.3) is 76.8 Å². The van der Waals surface area contributed by atoms with Gasteiger partial charge < -0.3 is 4.74 Å². The number of pyridine rings is 2. The lowest BCUT2D eigenvalue weighted by Gasteiger charge is -2.13. The molecule has 0 atom stereocenters. The minimum Gasteiger partial charge on any atom is -0.457 e. The van der Waals surface area contributed by atoms with Gasteiger partial charge in [0.05, 0.1) is 27.9 Å². The van der Waals surface area contributed by atoms with Crippen molar-refractivity contribution < 1.29 is 4.74 Å². The average molecular weight is 565 g/mol. The third-order valence-corrected chi connectivity index (χ3v) is 9.05. The Labute approximate surface area is 251 Å². The quantitative estimate of drug-likeness (QED) is 0.201. The first-order valence-electron chi connectivity index (χ1n) is 14.8. The molecule has 0 unspecified atom stereocenters. The van der Waals surface area contributed by atoms with Crippen LogP contribution in [0.1, 0.15) is 5.69 Å². The molecular formula is C39H24N4O. The van der Waals surface area contributed by atoms with Crippen molar-refractivity contribution >= 4 is 65.5 Å². The molecule has 0 bridgehead atoms. The van der Waals surface area contributed by atoms with Gasteiger partial charge in [0.25, 0.3) is 0 Å². The van der Waals surface area contributed by atoms with E-state index in [2.05, 4.69) is 131 Å². The van der Waals surface area contributed by atoms with Gasteiger partial charge in [0.2, 0.25) is 0 Å². The summed E-state index contributed by atoms with van der Waals surface area (Å²) in [5.74, 6) is 1.55. The average Bonchev–Trinajstić information content (AvgIpc) is 3.72. The highest BCUT2D eigenvalue weighted by Gasteiger charge is 2.20. The summed E-state index contributed by atoms with van der Waals surface area (Å²) >= 11 is 0. The summed E-state index contributed by atoms with van der Waals surface area (Å²) in [7, 11) is 0. The maximum Gasteiger partial charge on any atom is 0.146 e. The molecule has 5 heterocycles. The number of ether oxygens (including phenoxy) is 1. The molecule has 0 aliphatic rings. The molecule has 10 rings (SSSR count). The van der Waals surface area contributed by atoms with E-state index in [-0.39, 0.29) is 0 Å². The number of para-hydroxylation sites is 2. The number of nitrogens with zero attached hydrogens (tertiary/aromatic N) is 4. The largest absolute Gasteiger partial charge is 0.457 e. The lowest BCUT2D eigenvalue weighted by atomic mass is 10.0. The summed E-state index contributed by atoms with van der Waals surface area (Å²) in [6.07, 6.45) is 1.86. The Balaban J connectivity index is 1.18. The summed E-state index contributed by atoms with van der Waals surface area (Å²) < 4.78 is 11.2. The Bertz CT molecular complexity index is 2760. The van der Waals surface area contributed by atoms with E-state index in [4.69, 9.17) is 14.7 Å². The maximum absolute atomic E-state index is 6.61. The summed E-state index contributed by atoms with van der Waals surface area (Å²) in [5.41, 5.74) is 8.59. The Morgan fingerprint density at radius 3 is 2.11 bits per heavy atom. The zero-order chi connectivity index (χ0) is 28.9. The van der Waals surface area contributed by atoms with Gasteiger partial charge in [0.15, 0.2) is 0 Å². The van der Waals surface area contributed by atoms with E-state index < -0.39 is 0 Å². The number of hydrogen-bond acceptors (Lipinski definition) is 3. The first kappa shape index (κ1) is 23.6. The van der Waals surface area contributed by atoms with E-state index in [9.17, 15) is 0 Å². The van der Waals surface area contributed by atoms with Gasteiger partial charge >= 0.3 is 0 Å². The minimum atomic E-state index is 0.771. The summed E-state index contributed by atoms with van der Waals surface area (Å²) in [4.78, 5) is 9.89. The lowest BCUT2D eigenvalue weighted by molar-refractivity contribution is 0.484. The van der Waals surface area contributed by atoms with Crippen molar-refractivity contribution in [1.29, 1.82) is 0 Å². The molecule has 0 aliphatic carbocycles. The van der Waals surface area contributed by atoms with E-state index in [0.29, 0.717) is 0 Å². The van der Waals surface area contributed by atoms with Crippen molar-refractivity contribution in [1.82, 2.24) is 18.8 Å². The van der Waals surface area contributed by atoms with Crippen LogP contribution in [0, 0.1) is 6.92 Å².